The smallest absolute Gasteiger partial charge is 0.162 e. The van der Waals surface area contributed by atoms with Crippen molar-refractivity contribution in [1.82, 2.24) is 20.1 Å². The molecule has 1 fully saturated rings. The molecule has 0 spiro atoms. The van der Waals surface area contributed by atoms with Gasteiger partial charge in [-0.15, -0.1) is 21.5 Å². The van der Waals surface area contributed by atoms with E-state index in [9.17, 15) is 0 Å². The van der Waals surface area contributed by atoms with Gasteiger partial charge < -0.3 is 10.1 Å². The second-order valence-electron chi connectivity index (χ2n) is 8.12. The highest BCUT2D eigenvalue weighted by molar-refractivity contribution is 7.15. The Morgan fingerprint density at radius 3 is 2.94 bits per heavy atom. The van der Waals surface area contributed by atoms with Crippen molar-refractivity contribution in [1.29, 1.82) is 0 Å². The number of aromatic nitrogens is 3. The molecule has 1 saturated heterocycles. The summed E-state index contributed by atoms with van der Waals surface area (Å²) >= 11 is 8.40. The third kappa shape index (κ3) is 4.07. The summed E-state index contributed by atoms with van der Waals surface area (Å²) < 4.78 is 7.75. The normalized spacial score (nSPS) is 20.7. The van der Waals surface area contributed by atoms with Crippen LogP contribution in [0.3, 0.4) is 0 Å². The first kappa shape index (κ1) is 20.8. The van der Waals surface area contributed by atoms with Crippen molar-refractivity contribution in [3.05, 3.63) is 63.0 Å². The fourth-order valence-electron chi connectivity index (χ4n) is 4.31. The maximum absolute atomic E-state index is 6.59. The van der Waals surface area contributed by atoms with Gasteiger partial charge >= 0.3 is 0 Å². The lowest BCUT2D eigenvalue weighted by Crippen LogP contribution is -2.41. The minimum atomic E-state index is -0.104. The summed E-state index contributed by atoms with van der Waals surface area (Å²) in [5.74, 6) is 1.76. The number of hydrogen-bond acceptors (Lipinski definition) is 6. The number of morpholine rings is 1. The summed E-state index contributed by atoms with van der Waals surface area (Å²) in [7, 11) is 0. The van der Waals surface area contributed by atoms with Crippen LogP contribution in [0.15, 0.2) is 35.3 Å². The molecular weight excluding hydrogens is 430 g/mol. The first-order valence-corrected chi connectivity index (χ1v) is 12.0. The molecule has 0 bridgehead atoms. The van der Waals surface area contributed by atoms with Gasteiger partial charge in [-0.3, -0.25) is 9.56 Å². The second-order valence-corrected chi connectivity index (χ2v) is 9.65. The van der Waals surface area contributed by atoms with E-state index in [0.29, 0.717) is 11.1 Å². The van der Waals surface area contributed by atoms with Gasteiger partial charge in [-0.1, -0.05) is 29.8 Å². The number of aliphatic imine (C=N–C) groups is 1. The van der Waals surface area contributed by atoms with Crippen molar-refractivity contribution in [3.8, 4) is 5.00 Å². The molecule has 2 aromatic heterocycles. The van der Waals surface area contributed by atoms with Gasteiger partial charge in [0.05, 0.1) is 18.9 Å². The molecule has 31 heavy (non-hydrogen) atoms. The molecule has 5 rings (SSSR count). The number of nitrogens with one attached hydrogen (secondary N) is 1. The molecule has 6 nitrogen and oxygen atoms in total. The summed E-state index contributed by atoms with van der Waals surface area (Å²) in [6.07, 6.45) is 3.25. The molecule has 1 N–H and O–H groups in total. The Morgan fingerprint density at radius 1 is 1.26 bits per heavy atom. The lowest BCUT2D eigenvalue weighted by atomic mass is 10.0. The first-order valence-electron chi connectivity index (χ1n) is 10.8. The predicted octanol–water partition coefficient (Wildman–Crippen LogP) is 4.51. The maximum Gasteiger partial charge on any atom is 0.162 e. The number of hydrogen-bond donors (Lipinski definition) is 1. The summed E-state index contributed by atoms with van der Waals surface area (Å²) in [4.78, 5) is 6.40. The molecule has 8 heteroatoms. The Hall–Kier alpha value is -2.06. The standard InChI is InChI=1S/C23H26ClN5OS/c1-14-22-28-27-15(2)29(22)23-19(21(26-14)18-8-3-4-9-20(18)24)12-17(31-23)7-5-6-16-13-30-11-10-25-16/h3-4,8-9,12,14,16,25H,5-7,10-11,13H2,1-2H3. The maximum atomic E-state index is 6.59. The Kier molecular flexibility index (Phi) is 5.93. The van der Waals surface area contributed by atoms with Gasteiger partial charge in [0.2, 0.25) is 0 Å². The van der Waals surface area contributed by atoms with Crippen LogP contribution in [0.5, 0.6) is 0 Å². The van der Waals surface area contributed by atoms with Gasteiger partial charge in [0, 0.05) is 33.6 Å². The summed E-state index contributed by atoms with van der Waals surface area (Å²) in [5, 5.41) is 14.2. The van der Waals surface area contributed by atoms with Crippen LogP contribution in [0.25, 0.3) is 5.00 Å². The quantitative estimate of drug-likeness (QED) is 0.614. The lowest BCUT2D eigenvalue weighted by Gasteiger charge is -2.23. The molecule has 162 valence electrons. The van der Waals surface area contributed by atoms with Crippen LogP contribution in [0.1, 0.15) is 53.5 Å². The zero-order valence-corrected chi connectivity index (χ0v) is 19.3. The van der Waals surface area contributed by atoms with Gasteiger partial charge in [-0.2, -0.15) is 0 Å². The van der Waals surface area contributed by atoms with Crippen LogP contribution in [-0.2, 0) is 11.2 Å². The van der Waals surface area contributed by atoms with E-state index in [1.807, 2.05) is 42.5 Å². The number of nitrogens with zero attached hydrogens (tertiary/aromatic N) is 4. The van der Waals surface area contributed by atoms with Gasteiger partial charge in [0.1, 0.15) is 16.9 Å². The Balaban J connectivity index is 1.50. The molecule has 3 aromatic rings. The van der Waals surface area contributed by atoms with Crippen molar-refractivity contribution in [2.45, 2.75) is 45.2 Å². The zero-order valence-electron chi connectivity index (χ0n) is 17.8. The van der Waals surface area contributed by atoms with Crippen LogP contribution < -0.4 is 5.32 Å². The molecule has 0 saturated carbocycles. The number of ether oxygens (including phenoxy) is 1. The van der Waals surface area contributed by atoms with Gasteiger partial charge in [0.15, 0.2) is 5.82 Å². The molecule has 2 unspecified atom stereocenters. The van der Waals surface area contributed by atoms with Crippen molar-refractivity contribution < 1.29 is 4.74 Å². The highest BCUT2D eigenvalue weighted by Gasteiger charge is 2.28. The molecule has 4 heterocycles. The van der Waals surface area contributed by atoms with E-state index in [-0.39, 0.29) is 6.04 Å². The summed E-state index contributed by atoms with van der Waals surface area (Å²) in [6, 6.07) is 10.6. The van der Waals surface area contributed by atoms with Crippen molar-refractivity contribution in [3.63, 3.8) is 0 Å². The SMILES string of the molecule is Cc1nnc2n1-c1sc(CCCC3COCCN3)cc1C(c1ccccc1Cl)=NC2C. The first-order chi connectivity index (χ1) is 15.1. The minimum absolute atomic E-state index is 0.104. The molecular formula is C23H26ClN5OS. The molecule has 2 atom stereocenters. The van der Waals surface area contributed by atoms with Gasteiger partial charge in [0.25, 0.3) is 0 Å². The number of thiophene rings is 1. The van der Waals surface area contributed by atoms with E-state index >= 15 is 0 Å². The number of halogens is 1. The Labute approximate surface area is 191 Å². The number of benzene rings is 1. The lowest BCUT2D eigenvalue weighted by molar-refractivity contribution is 0.0736. The fourth-order valence-corrected chi connectivity index (χ4v) is 5.79. The third-order valence-corrected chi connectivity index (χ3v) is 7.38. The molecule has 0 radical (unpaired) electrons. The molecule has 2 aliphatic heterocycles. The molecule has 0 amide bonds. The minimum Gasteiger partial charge on any atom is -0.379 e. The average Bonchev–Trinajstić information content (AvgIpc) is 3.34. The van der Waals surface area contributed by atoms with Gasteiger partial charge in [-0.05, 0) is 45.2 Å². The molecule has 2 aliphatic rings. The average molecular weight is 456 g/mol. The zero-order chi connectivity index (χ0) is 21.4. The van der Waals surface area contributed by atoms with E-state index in [1.54, 1.807) is 0 Å². The van der Waals surface area contributed by atoms with Crippen LogP contribution in [-0.4, -0.2) is 46.3 Å². The largest absolute Gasteiger partial charge is 0.379 e. The molecule has 0 aliphatic carbocycles. The van der Waals surface area contributed by atoms with E-state index < -0.39 is 0 Å². The van der Waals surface area contributed by atoms with E-state index in [2.05, 4.69) is 33.1 Å². The topological polar surface area (TPSA) is 64.3 Å². The van der Waals surface area contributed by atoms with E-state index in [0.717, 1.165) is 72.5 Å². The highest BCUT2D eigenvalue weighted by Crippen LogP contribution is 2.37. The van der Waals surface area contributed by atoms with Crippen LogP contribution in [0, 0.1) is 6.92 Å². The monoisotopic (exact) mass is 455 g/mol. The Morgan fingerprint density at radius 2 is 2.13 bits per heavy atom. The van der Waals surface area contributed by atoms with E-state index in [1.165, 1.54) is 4.88 Å². The Bertz CT molecular complexity index is 1120. The van der Waals surface area contributed by atoms with E-state index in [4.69, 9.17) is 21.3 Å². The second kappa shape index (κ2) is 8.82. The summed E-state index contributed by atoms with van der Waals surface area (Å²) in [6.45, 7) is 6.64. The van der Waals surface area contributed by atoms with Crippen molar-refractivity contribution >= 4 is 28.6 Å². The summed E-state index contributed by atoms with van der Waals surface area (Å²) in [5.41, 5.74) is 3.00. The van der Waals surface area contributed by atoms with Crippen LogP contribution >= 0.6 is 22.9 Å². The number of rotatable bonds is 5. The number of fused-ring (bicyclic) bond motifs is 3. The third-order valence-electron chi connectivity index (χ3n) is 5.87. The van der Waals surface area contributed by atoms with Crippen molar-refractivity contribution in [2.75, 3.05) is 19.8 Å². The van der Waals surface area contributed by atoms with Crippen molar-refractivity contribution in [2.24, 2.45) is 4.99 Å². The van der Waals surface area contributed by atoms with Crippen LogP contribution in [0.4, 0.5) is 0 Å². The highest BCUT2D eigenvalue weighted by atomic mass is 35.5. The fraction of sp³-hybridized carbons (Fsp3) is 0.435. The predicted molar refractivity (Wildman–Crippen MR) is 125 cm³/mol. The molecule has 1 aromatic carbocycles. The van der Waals surface area contributed by atoms with Crippen LogP contribution in [0.2, 0.25) is 5.02 Å². The number of aryl methyl sites for hydroxylation is 2. The van der Waals surface area contributed by atoms with Gasteiger partial charge in [-0.25, -0.2) is 0 Å².